The van der Waals surface area contributed by atoms with E-state index in [-0.39, 0.29) is 6.42 Å². The van der Waals surface area contributed by atoms with Crippen LogP contribution >= 0.6 is 0 Å². The van der Waals surface area contributed by atoms with E-state index in [2.05, 4.69) is 10.6 Å². The summed E-state index contributed by atoms with van der Waals surface area (Å²) in [6, 6.07) is 13.7. The molecule has 0 radical (unpaired) electrons. The van der Waals surface area contributed by atoms with Gasteiger partial charge in [-0.15, -0.1) is 0 Å². The van der Waals surface area contributed by atoms with Crippen molar-refractivity contribution in [1.82, 2.24) is 15.5 Å². The monoisotopic (exact) mass is 421 g/mol. The fourth-order valence-electron chi connectivity index (χ4n) is 3.41. The molecule has 1 unspecified atom stereocenters. The largest absolute Gasteiger partial charge is 0.481 e. The fourth-order valence-corrected chi connectivity index (χ4v) is 3.41. The molecule has 0 saturated carbocycles. The predicted octanol–water partition coefficient (Wildman–Crippen LogP) is 2.48. The highest BCUT2D eigenvalue weighted by Crippen LogP contribution is 2.25. The molecule has 8 heteroatoms. The molecule has 0 aliphatic carbocycles. The van der Waals surface area contributed by atoms with Gasteiger partial charge in [0.25, 0.3) is 5.91 Å². The van der Waals surface area contributed by atoms with Crippen LogP contribution in [0.5, 0.6) is 0 Å². The molecule has 2 aromatic carbocycles. The molecule has 160 valence electrons. The highest BCUT2D eigenvalue weighted by Gasteiger charge is 2.35. The molecule has 3 amide bonds. The number of rotatable bonds is 6. The lowest BCUT2D eigenvalue weighted by Crippen LogP contribution is -2.56. The van der Waals surface area contributed by atoms with Gasteiger partial charge in [0.05, 0.1) is 12.5 Å². The molecule has 31 heavy (non-hydrogen) atoms. The van der Waals surface area contributed by atoms with Crippen molar-refractivity contribution in [2.45, 2.75) is 25.4 Å². The summed E-state index contributed by atoms with van der Waals surface area (Å²) in [5, 5.41) is 14.3. The maximum atomic E-state index is 12.6. The fraction of sp³-hybridized carbons (Fsp3) is 0.217. The van der Waals surface area contributed by atoms with E-state index in [1.54, 1.807) is 25.1 Å². The lowest BCUT2D eigenvalue weighted by Gasteiger charge is -2.27. The molecule has 0 bridgehead atoms. The quantitative estimate of drug-likeness (QED) is 0.620. The normalized spacial score (nSPS) is 17.0. The Kier molecular flexibility index (Phi) is 6.49. The zero-order valence-electron chi connectivity index (χ0n) is 17.2. The molecule has 0 aromatic heterocycles. The van der Waals surface area contributed by atoms with Crippen LogP contribution < -0.4 is 10.6 Å². The second-order valence-electron chi connectivity index (χ2n) is 7.32. The summed E-state index contributed by atoms with van der Waals surface area (Å²) in [5.74, 6) is -2.16. The van der Waals surface area contributed by atoms with Crippen molar-refractivity contribution in [2.75, 3.05) is 7.05 Å². The number of nitrogens with zero attached hydrogens (tertiary/aromatic N) is 1. The smallest absolute Gasteiger partial charge is 0.316 e. The predicted molar refractivity (Wildman–Crippen MR) is 114 cm³/mol. The molecule has 3 rings (SSSR count). The van der Waals surface area contributed by atoms with Gasteiger partial charge in [-0.05, 0) is 29.7 Å². The van der Waals surface area contributed by atoms with Gasteiger partial charge in [0.2, 0.25) is 0 Å². The Hall–Kier alpha value is -3.94. The number of carbonyl (C=O) groups excluding carboxylic acids is 3. The molecule has 1 aliphatic rings. The third-order valence-electron chi connectivity index (χ3n) is 4.99. The summed E-state index contributed by atoms with van der Waals surface area (Å²) in [6.45, 7) is 1.56. The van der Waals surface area contributed by atoms with Crippen LogP contribution in [0.2, 0.25) is 0 Å². The van der Waals surface area contributed by atoms with E-state index >= 15 is 0 Å². The number of carbonyl (C=O) groups is 4. The zero-order valence-corrected chi connectivity index (χ0v) is 17.2. The first-order valence-corrected chi connectivity index (χ1v) is 9.70. The van der Waals surface area contributed by atoms with Crippen LogP contribution in [0.3, 0.4) is 0 Å². The highest BCUT2D eigenvalue weighted by molar-refractivity contribution is 6.16. The third kappa shape index (κ3) is 5.16. The van der Waals surface area contributed by atoms with E-state index in [9.17, 15) is 24.3 Å². The van der Waals surface area contributed by atoms with Gasteiger partial charge in [-0.25, -0.2) is 4.79 Å². The summed E-state index contributed by atoms with van der Waals surface area (Å²) in [4.78, 5) is 49.8. The number of likely N-dealkylation sites (N-methyl/N-ethyl adjacent to an activating group) is 1. The number of nitrogens with one attached hydrogen (secondary N) is 2. The van der Waals surface area contributed by atoms with E-state index in [0.29, 0.717) is 11.1 Å². The summed E-state index contributed by atoms with van der Waals surface area (Å²) in [7, 11) is 1.49. The maximum Gasteiger partial charge on any atom is 0.316 e. The summed E-state index contributed by atoms with van der Waals surface area (Å²) >= 11 is 0. The maximum absolute atomic E-state index is 12.6. The van der Waals surface area contributed by atoms with Gasteiger partial charge in [0, 0.05) is 18.8 Å². The first-order chi connectivity index (χ1) is 14.8. The Morgan fingerprint density at radius 2 is 1.74 bits per heavy atom. The average Bonchev–Trinajstić information content (AvgIpc) is 2.75. The van der Waals surface area contributed by atoms with Crippen LogP contribution in [0.25, 0.3) is 11.1 Å². The molecule has 0 saturated heterocycles. The van der Waals surface area contributed by atoms with Crippen molar-refractivity contribution in [3.8, 4) is 11.1 Å². The van der Waals surface area contributed by atoms with Crippen molar-refractivity contribution in [3.05, 3.63) is 71.9 Å². The molecule has 2 aromatic rings. The SMILES string of the molecule is CC1=CN(C)C(=O)C(NC(=O)N[C@@H](CC(=O)O)c2cccc(-c3ccccc3)c2)C1=O. The minimum Gasteiger partial charge on any atom is -0.481 e. The lowest BCUT2D eigenvalue weighted by atomic mass is 9.98. The molecule has 2 atom stereocenters. The Balaban J connectivity index is 1.80. The Bertz CT molecular complexity index is 1050. The van der Waals surface area contributed by atoms with E-state index < -0.39 is 35.8 Å². The average molecular weight is 421 g/mol. The third-order valence-corrected chi connectivity index (χ3v) is 4.99. The summed E-state index contributed by atoms with van der Waals surface area (Å²) < 4.78 is 0. The van der Waals surface area contributed by atoms with Gasteiger partial charge >= 0.3 is 12.0 Å². The topological polar surface area (TPSA) is 116 Å². The number of ketones is 1. The van der Waals surface area contributed by atoms with Crippen LogP contribution in [0, 0.1) is 0 Å². The number of carboxylic acid groups (broad SMARTS) is 1. The number of amides is 3. The highest BCUT2D eigenvalue weighted by atomic mass is 16.4. The van der Waals surface area contributed by atoms with Crippen molar-refractivity contribution in [3.63, 3.8) is 0 Å². The number of benzene rings is 2. The van der Waals surface area contributed by atoms with E-state index in [1.807, 2.05) is 36.4 Å². The van der Waals surface area contributed by atoms with Gasteiger partial charge in [-0.2, -0.15) is 0 Å². The first kappa shape index (κ1) is 21.8. The Morgan fingerprint density at radius 1 is 1.06 bits per heavy atom. The van der Waals surface area contributed by atoms with Crippen LogP contribution in [-0.4, -0.2) is 46.8 Å². The van der Waals surface area contributed by atoms with Crippen LogP contribution in [0.4, 0.5) is 4.79 Å². The van der Waals surface area contributed by atoms with Gasteiger partial charge in [0.1, 0.15) is 0 Å². The van der Waals surface area contributed by atoms with Crippen molar-refractivity contribution in [2.24, 2.45) is 0 Å². The number of carboxylic acids is 1. The van der Waals surface area contributed by atoms with Crippen molar-refractivity contribution >= 4 is 23.7 Å². The van der Waals surface area contributed by atoms with E-state index in [0.717, 1.165) is 11.1 Å². The van der Waals surface area contributed by atoms with Gasteiger partial charge in [-0.1, -0.05) is 48.5 Å². The minimum absolute atomic E-state index is 0.338. The van der Waals surface area contributed by atoms with Gasteiger partial charge in [0.15, 0.2) is 11.8 Å². The van der Waals surface area contributed by atoms with Gasteiger partial charge in [-0.3, -0.25) is 14.4 Å². The van der Waals surface area contributed by atoms with E-state index in [1.165, 1.54) is 18.1 Å². The minimum atomic E-state index is -1.35. The molecule has 3 N–H and O–H groups in total. The van der Waals surface area contributed by atoms with Crippen molar-refractivity contribution in [1.29, 1.82) is 0 Å². The number of hydrogen-bond donors (Lipinski definition) is 3. The van der Waals surface area contributed by atoms with Crippen molar-refractivity contribution < 1.29 is 24.3 Å². The molecule has 8 nitrogen and oxygen atoms in total. The number of hydrogen-bond acceptors (Lipinski definition) is 4. The lowest BCUT2D eigenvalue weighted by molar-refractivity contribution is -0.138. The first-order valence-electron chi connectivity index (χ1n) is 9.70. The summed E-state index contributed by atoms with van der Waals surface area (Å²) in [5.41, 5.74) is 2.75. The number of Topliss-reactive ketones (excluding diaryl/α,β-unsaturated/α-hetero) is 1. The Morgan fingerprint density at radius 3 is 2.42 bits per heavy atom. The second kappa shape index (κ2) is 9.25. The molecular formula is C23H23N3O5. The summed E-state index contributed by atoms with van der Waals surface area (Å²) in [6.07, 6.45) is 1.04. The number of urea groups is 1. The Labute approximate surface area is 179 Å². The second-order valence-corrected chi connectivity index (χ2v) is 7.32. The van der Waals surface area contributed by atoms with Crippen LogP contribution in [0.15, 0.2) is 66.4 Å². The molecule has 0 fully saturated rings. The molecule has 1 aliphatic heterocycles. The van der Waals surface area contributed by atoms with E-state index in [4.69, 9.17) is 0 Å². The number of aliphatic carboxylic acids is 1. The van der Waals surface area contributed by atoms with Gasteiger partial charge < -0.3 is 20.6 Å². The molecular weight excluding hydrogens is 398 g/mol. The standard InChI is InChI=1S/C23H23N3O5/c1-14-13-26(2)22(30)20(21(14)29)25-23(31)24-18(12-19(27)28)17-10-6-9-16(11-17)15-7-4-3-5-8-15/h3-11,13,18,20H,12H2,1-2H3,(H,27,28)(H2,24,25,31)/t18-,20?/m0/s1. The molecule has 0 spiro atoms. The van der Waals surface area contributed by atoms with Crippen LogP contribution in [0.1, 0.15) is 24.9 Å². The zero-order chi connectivity index (χ0) is 22.5. The molecule has 1 heterocycles. The van der Waals surface area contributed by atoms with Crippen LogP contribution in [-0.2, 0) is 14.4 Å².